The second kappa shape index (κ2) is 6.78. The third-order valence-electron chi connectivity index (χ3n) is 4.46. The van der Waals surface area contributed by atoms with Crippen LogP contribution in [0.1, 0.15) is 36.2 Å². The van der Waals surface area contributed by atoms with E-state index in [1.807, 2.05) is 6.07 Å². The number of carbonyl (C=O) groups is 2. The average Bonchev–Trinajstić information content (AvgIpc) is 2.61. The largest absolute Gasteiger partial charge is 0.478 e. The number of halogens is 1. The topological polar surface area (TPSA) is 72.6 Å². The molecule has 5 nitrogen and oxygen atoms in total. The van der Waals surface area contributed by atoms with Crippen molar-refractivity contribution in [3.63, 3.8) is 0 Å². The summed E-state index contributed by atoms with van der Waals surface area (Å²) in [7, 11) is 0. The van der Waals surface area contributed by atoms with E-state index in [4.69, 9.17) is 10.5 Å². The second-order valence-electron chi connectivity index (χ2n) is 6.79. The van der Waals surface area contributed by atoms with Crippen LogP contribution in [0.2, 0.25) is 0 Å². The summed E-state index contributed by atoms with van der Waals surface area (Å²) in [6.45, 7) is 3.88. The molecule has 0 atom stereocenters. The lowest BCUT2D eigenvalue weighted by atomic mass is 9.94. The number of hydrogen-bond donors (Lipinski definition) is 1. The van der Waals surface area contributed by atoms with Crippen molar-refractivity contribution in [1.82, 2.24) is 0 Å². The number of benzene rings is 2. The van der Waals surface area contributed by atoms with Gasteiger partial charge in [0.05, 0.1) is 0 Å². The predicted octanol–water partition coefficient (Wildman–Crippen LogP) is 3.06. The van der Waals surface area contributed by atoms with E-state index in [2.05, 4.69) is 0 Å². The molecule has 3 rings (SSSR count). The molecule has 0 radical (unpaired) electrons. The molecule has 2 amide bonds. The Morgan fingerprint density at radius 2 is 1.85 bits per heavy atom. The van der Waals surface area contributed by atoms with Crippen molar-refractivity contribution in [2.24, 2.45) is 5.73 Å². The summed E-state index contributed by atoms with van der Waals surface area (Å²) in [5, 5.41) is 0. The smallest absolute Gasteiger partial charge is 0.270 e. The molecule has 0 saturated heterocycles. The summed E-state index contributed by atoms with van der Waals surface area (Å²) in [5.41, 5.74) is 6.22. The van der Waals surface area contributed by atoms with Crippen LogP contribution in [0, 0.1) is 5.82 Å². The molecular weight excluding hydrogens is 335 g/mol. The third-order valence-corrected chi connectivity index (χ3v) is 4.46. The fourth-order valence-electron chi connectivity index (χ4n) is 3.23. The summed E-state index contributed by atoms with van der Waals surface area (Å²) < 4.78 is 18.9. The minimum atomic E-state index is -1.16. The van der Waals surface area contributed by atoms with Crippen LogP contribution in [-0.2, 0) is 11.2 Å². The average molecular weight is 356 g/mol. The zero-order valence-corrected chi connectivity index (χ0v) is 14.8. The Bertz CT molecular complexity index is 847. The summed E-state index contributed by atoms with van der Waals surface area (Å²) in [5.74, 6) is -0.694. The Hall–Kier alpha value is -2.89. The molecule has 0 saturated carbocycles. The zero-order chi connectivity index (χ0) is 18.9. The Labute approximate surface area is 151 Å². The molecule has 0 unspecified atom stereocenters. The Morgan fingerprint density at radius 3 is 2.50 bits per heavy atom. The summed E-state index contributed by atoms with van der Waals surface area (Å²) >= 11 is 0. The van der Waals surface area contributed by atoms with E-state index in [-0.39, 0.29) is 11.7 Å². The number of amides is 2. The quantitative estimate of drug-likeness (QED) is 0.915. The maximum atomic E-state index is 13.1. The van der Waals surface area contributed by atoms with E-state index in [1.165, 1.54) is 24.3 Å². The first-order valence-electron chi connectivity index (χ1n) is 8.48. The highest BCUT2D eigenvalue weighted by atomic mass is 19.1. The number of fused-ring (bicyclic) bond motifs is 1. The second-order valence-corrected chi connectivity index (χ2v) is 6.79. The number of nitrogens with two attached hydrogens (primary N) is 1. The minimum Gasteiger partial charge on any atom is -0.478 e. The maximum absolute atomic E-state index is 13.1. The van der Waals surface area contributed by atoms with Gasteiger partial charge in [0.1, 0.15) is 11.6 Å². The highest BCUT2D eigenvalue weighted by molar-refractivity contribution is 6.03. The van der Waals surface area contributed by atoms with Gasteiger partial charge in [0.25, 0.3) is 5.91 Å². The summed E-state index contributed by atoms with van der Waals surface area (Å²) in [4.78, 5) is 26.5. The fourth-order valence-corrected chi connectivity index (χ4v) is 3.23. The number of carbonyl (C=O) groups excluding carboxylic acids is 2. The first-order valence-corrected chi connectivity index (χ1v) is 8.48. The van der Waals surface area contributed by atoms with Gasteiger partial charge < -0.3 is 15.4 Å². The van der Waals surface area contributed by atoms with Crippen LogP contribution in [0.3, 0.4) is 0 Å². The van der Waals surface area contributed by atoms with Gasteiger partial charge in [-0.3, -0.25) is 9.59 Å². The molecule has 2 aromatic rings. The number of primary amides is 1. The van der Waals surface area contributed by atoms with Gasteiger partial charge in [-0.15, -0.1) is 0 Å². The number of rotatable bonds is 4. The first kappa shape index (κ1) is 17.9. The third kappa shape index (κ3) is 3.40. The zero-order valence-electron chi connectivity index (χ0n) is 14.8. The van der Waals surface area contributed by atoms with Crippen molar-refractivity contribution in [3.8, 4) is 5.75 Å². The molecule has 2 N–H and O–H groups in total. The van der Waals surface area contributed by atoms with E-state index in [1.54, 1.807) is 30.9 Å². The lowest BCUT2D eigenvalue weighted by molar-refractivity contribution is -0.131. The Morgan fingerprint density at radius 1 is 1.15 bits per heavy atom. The highest BCUT2D eigenvalue weighted by Crippen LogP contribution is 2.32. The van der Waals surface area contributed by atoms with Crippen molar-refractivity contribution in [1.29, 1.82) is 0 Å². The monoisotopic (exact) mass is 356 g/mol. The fraction of sp³-hybridized carbons (Fsp3) is 0.300. The highest BCUT2D eigenvalue weighted by Gasteiger charge is 2.37. The maximum Gasteiger partial charge on any atom is 0.270 e. The van der Waals surface area contributed by atoms with Crippen molar-refractivity contribution in [3.05, 3.63) is 59.4 Å². The van der Waals surface area contributed by atoms with Gasteiger partial charge in [0.15, 0.2) is 5.60 Å². The molecule has 136 valence electrons. The number of nitrogens with zero attached hydrogens (tertiary/aromatic N) is 1. The molecule has 1 aliphatic rings. The number of hydrogen-bond acceptors (Lipinski definition) is 3. The first-order chi connectivity index (χ1) is 12.3. The molecule has 2 aromatic carbocycles. The molecule has 0 aromatic heterocycles. The van der Waals surface area contributed by atoms with Gasteiger partial charge in [-0.1, -0.05) is 6.07 Å². The lowest BCUT2D eigenvalue weighted by Gasteiger charge is -2.36. The molecule has 0 spiro atoms. The van der Waals surface area contributed by atoms with Crippen LogP contribution in [0.15, 0.2) is 42.5 Å². The SMILES string of the molecule is CC(C)(Oc1ccc(F)cc1)C(=O)N1CCCc2c(C(N)=O)cccc21. The van der Waals surface area contributed by atoms with E-state index in [9.17, 15) is 14.0 Å². The van der Waals surface area contributed by atoms with Gasteiger partial charge >= 0.3 is 0 Å². The van der Waals surface area contributed by atoms with Crippen LogP contribution < -0.4 is 15.4 Å². The van der Waals surface area contributed by atoms with Crippen molar-refractivity contribution < 1.29 is 18.7 Å². The van der Waals surface area contributed by atoms with Crippen LogP contribution in [-0.4, -0.2) is 24.0 Å². The van der Waals surface area contributed by atoms with Gasteiger partial charge in [-0.2, -0.15) is 0 Å². The van der Waals surface area contributed by atoms with Crippen LogP contribution >= 0.6 is 0 Å². The Kier molecular flexibility index (Phi) is 4.68. The van der Waals surface area contributed by atoms with Crippen LogP contribution in [0.25, 0.3) is 0 Å². The molecule has 1 aliphatic heterocycles. The molecule has 6 heteroatoms. The molecule has 1 heterocycles. The minimum absolute atomic E-state index is 0.232. The van der Waals surface area contributed by atoms with Gasteiger partial charge in [-0.05, 0) is 68.7 Å². The molecular formula is C20H21FN2O3. The molecule has 0 bridgehead atoms. The predicted molar refractivity (Wildman–Crippen MR) is 96.7 cm³/mol. The van der Waals surface area contributed by atoms with Gasteiger partial charge in [0.2, 0.25) is 5.91 Å². The van der Waals surface area contributed by atoms with Crippen molar-refractivity contribution in [2.45, 2.75) is 32.3 Å². The lowest BCUT2D eigenvalue weighted by Crippen LogP contribution is -2.50. The van der Waals surface area contributed by atoms with E-state index in [0.717, 1.165) is 12.0 Å². The summed E-state index contributed by atoms with van der Waals surface area (Å²) in [6.07, 6.45) is 1.42. The summed E-state index contributed by atoms with van der Waals surface area (Å²) in [6, 6.07) is 10.7. The molecule has 0 aliphatic carbocycles. The van der Waals surface area contributed by atoms with E-state index >= 15 is 0 Å². The van der Waals surface area contributed by atoms with Gasteiger partial charge in [0, 0.05) is 17.8 Å². The van der Waals surface area contributed by atoms with Crippen LogP contribution in [0.5, 0.6) is 5.75 Å². The van der Waals surface area contributed by atoms with E-state index in [0.29, 0.717) is 30.0 Å². The number of ether oxygens (including phenoxy) is 1. The molecule has 0 fully saturated rings. The van der Waals surface area contributed by atoms with E-state index < -0.39 is 11.5 Å². The van der Waals surface area contributed by atoms with Crippen molar-refractivity contribution >= 4 is 17.5 Å². The normalized spacial score (nSPS) is 13.9. The van der Waals surface area contributed by atoms with Crippen molar-refractivity contribution in [2.75, 3.05) is 11.4 Å². The Balaban J connectivity index is 1.90. The standard InChI is InChI=1S/C20H21FN2O3/c1-20(2,26-14-10-8-13(21)9-11-14)19(25)23-12-4-6-15-16(18(22)24)5-3-7-17(15)23/h3,5,7-11H,4,6,12H2,1-2H3,(H2,22,24). The van der Waals surface area contributed by atoms with Gasteiger partial charge in [-0.25, -0.2) is 4.39 Å². The van der Waals surface area contributed by atoms with Crippen LogP contribution in [0.4, 0.5) is 10.1 Å². The molecule has 26 heavy (non-hydrogen) atoms. The number of anilines is 1.